The van der Waals surface area contributed by atoms with E-state index in [1.807, 2.05) is 0 Å². The minimum Gasteiger partial charge on any atom is -0.356 e. The number of amides is 4. The van der Waals surface area contributed by atoms with Crippen molar-refractivity contribution in [2.75, 3.05) is 19.3 Å². The summed E-state index contributed by atoms with van der Waals surface area (Å²) >= 11 is 0. The minimum absolute atomic E-state index is 0.0216. The van der Waals surface area contributed by atoms with Crippen LogP contribution in [0.5, 0.6) is 0 Å². The molecule has 0 unspecified atom stereocenters. The predicted molar refractivity (Wildman–Crippen MR) is 141 cm³/mol. The van der Waals surface area contributed by atoms with Gasteiger partial charge in [-0.05, 0) is 49.2 Å². The SMILES string of the molecule is CC(=O)N[C@H](C(=O)N1C[C@H]2CCC[C@H]2[C@H]1C(=O)N[C@H](/C=C(\F)S(C)(=O)=O)C[C@H]1CCNC1=O)c1ccccc1. The second-order valence-electron chi connectivity index (χ2n) is 10.7. The number of nitrogens with one attached hydrogen (secondary N) is 3. The first-order valence-electron chi connectivity index (χ1n) is 13.2. The molecule has 1 aliphatic carbocycles. The van der Waals surface area contributed by atoms with Crippen LogP contribution >= 0.6 is 0 Å². The lowest BCUT2D eigenvalue weighted by Gasteiger charge is -2.32. The standard InChI is InChI=1S/C27H35FN4O6S/c1-16(33)30-23(17-7-4-3-5-8-17)27(36)32-15-19-9-6-10-21(19)24(32)26(35)31-20(14-22(28)39(2,37)38)13-18-11-12-29-25(18)34/h3-5,7-8,14,18-21,23-24H,6,9-13,15H2,1-2H3,(H,29,34)(H,30,33)(H,31,35)/b22-14+/t18-,19-,20+,21-,23+,24+/m1/s1. The molecule has 12 heteroatoms. The van der Waals surface area contributed by atoms with Crippen LogP contribution in [0.1, 0.15) is 50.6 Å². The third-order valence-corrected chi connectivity index (χ3v) is 8.73. The summed E-state index contributed by atoms with van der Waals surface area (Å²) in [5.74, 6) is -2.13. The Labute approximate surface area is 227 Å². The molecule has 2 heterocycles. The molecule has 39 heavy (non-hydrogen) atoms. The number of nitrogens with zero attached hydrogens (tertiary/aromatic N) is 1. The highest BCUT2D eigenvalue weighted by atomic mass is 32.2. The van der Waals surface area contributed by atoms with Crippen LogP contribution in [-0.2, 0) is 29.0 Å². The van der Waals surface area contributed by atoms with E-state index in [-0.39, 0.29) is 24.2 Å². The van der Waals surface area contributed by atoms with Crippen molar-refractivity contribution in [3.05, 3.63) is 47.1 Å². The number of rotatable bonds is 9. The molecule has 4 amide bonds. The fourth-order valence-electron chi connectivity index (χ4n) is 6.07. The third kappa shape index (κ3) is 6.66. The number of sulfone groups is 1. The predicted octanol–water partition coefficient (Wildman–Crippen LogP) is 1.36. The molecule has 10 nitrogen and oxygen atoms in total. The Hall–Kier alpha value is -3.28. The molecule has 3 N–H and O–H groups in total. The summed E-state index contributed by atoms with van der Waals surface area (Å²) in [5, 5.41) is 6.75. The topological polar surface area (TPSA) is 142 Å². The van der Waals surface area contributed by atoms with Gasteiger partial charge in [0.1, 0.15) is 12.1 Å². The molecule has 3 aliphatic rings. The van der Waals surface area contributed by atoms with E-state index in [1.54, 1.807) is 30.3 Å². The Morgan fingerprint density at radius 1 is 1.15 bits per heavy atom. The molecule has 1 saturated carbocycles. The largest absolute Gasteiger partial charge is 0.356 e. The van der Waals surface area contributed by atoms with E-state index >= 15 is 0 Å². The van der Waals surface area contributed by atoms with E-state index < -0.39 is 56.8 Å². The maximum absolute atomic E-state index is 14.5. The number of hydrogen-bond acceptors (Lipinski definition) is 6. The lowest BCUT2D eigenvalue weighted by Crippen LogP contribution is -2.53. The van der Waals surface area contributed by atoms with Gasteiger partial charge in [-0.2, -0.15) is 4.39 Å². The summed E-state index contributed by atoms with van der Waals surface area (Å²) in [6.07, 6.45) is 4.54. The van der Waals surface area contributed by atoms with Gasteiger partial charge in [-0.15, -0.1) is 0 Å². The quantitative estimate of drug-likeness (QED) is 0.415. The fraction of sp³-hybridized carbons (Fsp3) is 0.556. The van der Waals surface area contributed by atoms with Crippen LogP contribution in [0.3, 0.4) is 0 Å². The maximum atomic E-state index is 14.5. The molecule has 212 valence electrons. The molecule has 0 aromatic heterocycles. The molecule has 0 bridgehead atoms. The van der Waals surface area contributed by atoms with Crippen molar-refractivity contribution in [1.82, 2.24) is 20.9 Å². The highest BCUT2D eigenvalue weighted by Crippen LogP contribution is 2.43. The zero-order valence-electron chi connectivity index (χ0n) is 22.1. The summed E-state index contributed by atoms with van der Waals surface area (Å²) in [4.78, 5) is 53.3. The van der Waals surface area contributed by atoms with Crippen LogP contribution in [0, 0.1) is 17.8 Å². The van der Waals surface area contributed by atoms with Crippen molar-refractivity contribution in [2.45, 2.75) is 57.2 Å². The number of benzene rings is 1. The Morgan fingerprint density at radius 3 is 2.49 bits per heavy atom. The van der Waals surface area contributed by atoms with E-state index in [4.69, 9.17) is 0 Å². The van der Waals surface area contributed by atoms with Gasteiger partial charge in [-0.3, -0.25) is 19.2 Å². The molecule has 2 saturated heterocycles. The van der Waals surface area contributed by atoms with Crippen molar-refractivity contribution in [3.63, 3.8) is 0 Å². The molecule has 1 aromatic rings. The molecule has 4 rings (SSSR count). The van der Waals surface area contributed by atoms with Crippen molar-refractivity contribution < 1.29 is 32.0 Å². The zero-order valence-corrected chi connectivity index (χ0v) is 22.9. The van der Waals surface area contributed by atoms with Crippen molar-refractivity contribution in [1.29, 1.82) is 0 Å². The number of carbonyl (C=O) groups is 4. The monoisotopic (exact) mass is 562 g/mol. The minimum atomic E-state index is -4.15. The van der Waals surface area contributed by atoms with Crippen LogP contribution in [0.2, 0.25) is 0 Å². The third-order valence-electron chi connectivity index (χ3n) is 7.88. The first kappa shape index (κ1) is 28.7. The molecule has 0 radical (unpaired) electrons. The van der Waals surface area contributed by atoms with Gasteiger partial charge in [-0.1, -0.05) is 36.8 Å². The van der Waals surface area contributed by atoms with Gasteiger partial charge in [0.25, 0.3) is 5.91 Å². The summed E-state index contributed by atoms with van der Waals surface area (Å²) in [5.41, 5.74) is 0.581. The summed E-state index contributed by atoms with van der Waals surface area (Å²) in [6, 6.07) is 5.83. The van der Waals surface area contributed by atoms with Gasteiger partial charge in [0.15, 0.2) is 0 Å². The normalized spacial score (nSPS) is 26.5. The molecule has 3 fully saturated rings. The number of hydrogen-bond donors (Lipinski definition) is 3. The Bertz CT molecular complexity index is 1250. The lowest BCUT2D eigenvalue weighted by molar-refractivity contribution is -0.142. The van der Waals surface area contributed by atoms with Gasteiger partial charge >= 0.3 is 0 Å². The zero-order chi connectivity index (χ0) is 28.3. The van der Waals surface area contributed by atoms with E-state index in [0.717, 1.165) is 31.6 Å². The molecular formula is C27H35FN4O6S. The summed E-state index contributed by atoms with van der Waals surface area (Å²) in [6.45, 7) is 2.10. The average Bonchev–Trinajstić information content (AvgIpc) is 3.58. The van der Waals surface area contributed by atoms with Gasteiger partial charge in [-0.25, -0.2) is 8.42 Å². The van der Waals surface area contributed by atoms with E-state index in [1.165, 1.54) is 11.8 Å². The van der Waals surface area contributed by atoms with Gasteiger partial charge in [0, 0.05) is 32.2 Å². The van der Waals surface area contributed by atoms with Crippen LogP contribution in [0.25, 0.3) is 0 Å². The number of fused-ring (bicyclic) bond motifs is 1. The fourth-order valence-corrected chi connectivity index (χ4v) is 6.48. The van der Waals surface area contributed by atoms with E-state index in [2.05, 4.69) is 16.0 Å². The van der Waals surface area contributed by atoms with Gasteiger partial charge in [0.2, 0.25) is 32.7 Å². The van der Waals surface area contributed by atoms with Gasteiger partial charge < -0.3 is 20.9 Å². The van der Waals surface area contributed by atoms with Crippen molar-refractivity contribution >= 4 is 33.5 Å². The van der Waals surface area contributed by atoms with Crippen LogP contribution < -0.4 is 16.0 Å². The highest BCUT2D eigenvalue weighted by Gasteiger charge is 2.51. The lowest BCUT2D eigenvalue weighted by atomic mass is 9.92. The van der Waals surface area contributed by atoms with Crippen LogP contribution in [0.15, 0.2) is 41.6 Å². The first-order valence-corrected chi connectivity index (χ1v) is 15.1. The van der Waals surface area contributed by atoms with E-state index in [0.29, 0.717) is 25.1 Å². The molecule has 0 spiro atoms. The highest BCUT2D eigenvalue weighted by molar-refractivity contribution is 7.94. The average molecular weight is 563 g/mol. The number of halogens is 1. The smallest absolute Gasteiger partial charge is 0.250 e. The Morgan fingerprint density at radius 2 is 1.87 bits per heavy atom. The molecule has 6 atom stereocenters. The second kappa shape index (κ2) is 11.8. The number of carbonyl (C=O) groups excluding carboxylic acids is 4. The molecule has 2 aliphatic heterocycles. The molecular weight excluding hydrogens is 527 g/mol. The first-order chi connectivity index (χ1) is 18.5. The summed E-state index contributed by atoms with van der Waals surface area (Å²) < 4.78 is 38.1. The number of likely N-dealkylation sites (tertiary alicyclic amines) is 1. The second-order valence-corrected chi connectivity index (χ2v) is 12.6. The van der Waals surface area contributed by atoms with Gasteiger partial charge in [0.05, 0.1) is 6.04 Å². The maximum Gasteiger partial charge on any atom is 0.250 e. The Kier molecular flexibility index (Phi) is 8.73. The Balaban J connectivity index is 1.62. The van der Waals surface area contributed by atoms with Crippen molar-refractivity contribution in [2.24, 2.45) is 17.8 Å². The van der Waals surface area contributed by atoms with Crippen LogP contribution in [0.4, 0.5) is 4.39 Å². The summed E-state index contributed by atoms with van der Waals surface area (Å²) in [7, 11) is -4.15. The van der Waals surface area contributed by atoms with Crippen LogP contribution in [-0.4, -0.2) is 68.4 Å². The van der Waals surface area contributed by atoms with E-state index in [9.17, 15) is 32.0 Å². The van der Waals surface area contributed by atoms with Crippen molar-refractivity contribution in [3.8, 4) is 0 Å². The molecule has 1 aromatic carbocycles.